The van der Waals surface area contributed by atoms with Crippen LogP contribution < -0.4 is 16.3 Å². The number of nitrogens with one attached hydrogen (secondary N) is 3. The topological polar surface area (TPSA) is 74.7 Å². The first-order valence-corrected chi connectivity index (χ1v) is 9.34. The summed E-state index contributed by atoms with van der Waals surface area (Å²) < 4.78 is 1.56. The molecule has 1 unspecified atom stereocenters. The first-order valence-electron chi connectivity index (χ1n) is 8.59. The first-order chi connectivity index (χ1) is 12.6. The van der Waals surface area contributed by atoms with Gasteiger partial charge in [-0.25, -0.2) is 9.78 Å². The minimum atomic E-state index is -0.236. The van der Waals surface area contributed by atoms with Crippen LogP contribution in [-0.2, 0) is 6.54 Å². The summed E-state index contributed by atoms with van der Waals surface area (Å²) in [5, 5.41) is 7.78. The molecule has 0 bridgehead atoms. The number of anilines is 1. The van der Waals surface area contributed by atoms with Gasteiger partial charge in [-0.15, -0.1) is 0 Å². The highest BCUT2D eigenvalue weighted by molar-refractivity contribution is 6.36. The van der Waals surface area contributed by atoms with E-state index in [0.29, 0.717) is 32.7 Å². The van der Waals surface area contributed by atoms with Crippen LogP contribution in [0.15, 0.2) is 35.1 Å². The number of rotatable bonds is 5. The van der Waals surface area contributed by atoms with Gasteiger partial charge in [0.2, 0.25) is 0 Å². The van der Waals surface area contributed by atoms with Crippen LogP contribution in [0.1, 0.15) is 12.0 Å². The highest BCUT2D eigenvalue weighted by atomic mass is 35.5. The number of H-pyrrole nitrogens is 1. The van der Waals surface area contributed by atoms with E-state index in [1.54, 1.807) is 22.8 Å². The lowest BCUT2D eigenvalue weighted by atomic mass is 10.1. The van der Waals surface area contributed by atoms with Gasteiger partial charge in [0, 0.05) is 22.2 Å². The van der Waals surface area contributed by atoms with E-state index in [-0.39, 0.29) is 12.2 Å². The van der Waals surface area contributed by atoms with Crippen LogP contribution in [0.3, 0.4) is 0 Å². The molecule has 4 rings (SSSR count). The summed E-state index contributed by atoms with van der Waals surface area (Å²) in [5.41, 5.74) is 1.74. The molecule has 1 aliphatic heterocycles. The minimum Gasteiger partial charge on any atom is -0.370 e. The Morgan fingerprint density at radius 2 is 2.04 bits per heavy atom. The molecule has 26 heavy (non-hydrogen) atoms. The lowest BCUT2D eigenvalue weighted by Crippen LogP contribution is -2.19. The van der Waals surface area contributed by atoms with Gasteiger partial charge in [-0.3, -0.25) is 4.57 Å². The number of fused-ring (bicyclic) bond motifs is 1. The quantitative estimate of drug-likeness (QED) is 0.624. The Bertz CT molecular complexity index is 971. The second kappa shape index (κ2) is 7.31. The summed E-state index contributed by atoms with van der Waals surface area (Å²) in [5.74, 6) is 1.35. The summed E-state index contributed by atoms with van der Waals surface area (Å²) in [7, 11) is 0. The molecular weight excluding hydrogens is 373 g/mol. The van der Waals surface area contributed by atoms with E-state index < -0.39 is 0 Å². The van der Waals surface area contributed by atoms with Gasteiger partial charge in [-0.1, -0.05) is 29.3 Å². The molecule has 0 saturated carbocycles. The van der Waals surface area contributed by atoms with Crippen molar-refractivity contribution in [3.8, 4) is 0 Å². The number of aromatic nitrogens is 3. The van der Waals surface area contributed by atoms with E-state index in [0.717, 1.165) is 31.9 Å². The molecule has 1 atom stereocenters. The van der Waals surface area contributed by atoms with Crippen LogP contribution >= 0.6 is 23.2 Å². The van der Waals surface area contributed by atoms with Gasteiger partial charge >= 0.3 is 5.69 Å². The Labute approximate surface area is 160 Å². The van der Waals surface area contributed by atoms with Crippen LogP contribution in [0.2, 0.25) is 10.0 Å². The zero-order valence-corrected chi connectivity index (χ0v) is 15.6. The lowest BCUT2D eigenvalue weighted by Gasteiger charge is -2.11. The molecule has 0 spiro atoms. The molecule has 3 aromatic rings. The van der Waals surface area contributed by atoms with Crippen molar-refractivity contribution < 1.29 is 0 Å². The van der Waals surface area contributed by atoms with Crippen LogP contribution in [-0.4, -0.2) is 34.2 Å². The second-order valence-corrected chi connectivity index (χ2v) is 7.34. The van der Waals surface area contributed by atoms with Gasteiger partial charge in [0.15, 0.2) is 5.65 Å². The molecule has 3 N–H and O–H groups in total. The zero-order chi connectivity index (χ0) is 18.1. The van der Waals surface area contributed by atoms with E-state index in [2.05, 4.69) is 20.6 Å². The van der Waals surface area contributed by atoms with Crippen LogP contribution in [0, 0.1) is 5.92 Å². The molecular formula is C18H19Cl2N5O. The Morgan fingerprint density at radius 3 is 2.77 bits per heavy atom. The standard InChI is InChI=1S/C18H19Cl2N5O/c19-13-2-1-3-14(20)12(13)10-25-17-15(23-18(25)26)4-5-16(24-17)22-9-11-6-7-21-8-11/h1-5,11,21H,6-10H2,(H,22,24)(H,23,26). The maximum Gasteiger partial charge on any atom is 0.327 e. The third-order valence-electron chi connectivity index (χ3n) is 4.73. The highest BCUT2D eigenvalue weighted by Crippen LogP contribution is 2.25. The predicted octanol–water partition coefficient (Wildman–Crippen LogP) is 3.10. The normalized spacial score (nSPS) is 17.1. The van der Waals surface area contributed by atoms with E-state index >= 15 is 0 Å². The number of aromatic amines is 1. The maximum absolute atomic E-state index is 12.4. The number of pyridine rings is 1. The van der Waals surface area contributed by atoms with Crippen LogP contribution in [0.4, 0.5) is 5.82 Å². The summed E-state index contributed by atoms with van der Waals surface area (Å²) >= 11 is 12.5. The minimum absolute atomic E-state index is 0.236. The SMILES string of the molecule is O=c1[nH]c2ccc(NCC3CCNC3)nc2n1Cc1c(Cl)cccc1Cl. The van der Waals surface area contributed by atoms with Crippen molar-refractivity contribution >= 4 is 40.2 Å². The number of hydrogen-bond donors (Lipinski definition) is 3. The Morgan fingerprint density at radius 1 is 1.23 bits per heavy atom. The molecule has 0 aliphatic carbocycles. The van der Waals surface area contributed by atoms with Crippen molar-refractivity contribution in [2.75, 3.05) is 25.0 Å². The van der Waals surface area contributed by atoms with Crippen molar-refractivity contribution in [3.63, 3.8) is 0 Å². The Hall–Kier alpha value is -2.02. The number of imidazole rings is 1. The fourth-order valence-electron chi connectivity index (χ4n) is 3.25. The summed E-state index contributed by atoms with van der Waals surface area (Å²) in [4.78, 5) is 19.9. The fourth-order valence-corrected chi connectivity index (χ4v) is 3.77. The van der Waals surface area contributed by atoms with Gasteiger partial charge in [0.05, 0.1) is 12.1 Å². The number of halogens is 2. The smallest absolute Gasteiger partial charge is 0.327 e. The van der Waals surface area contributed by atoms with E-state index in [4.69, 9.17) is 23.2 Å². The van der Waals surface area contributed by atoms with Crippen molar-refractivity contribution in [2.45, 2.75) is 13.0 Å². The van der Waals surface area contributed by atoms with Gasteiger partial charge in [0.25, 0.3) is 0 Å². The monoisotopic (exact) mass is 391 g/mol. The largest absolute Gasteiger partial charge is 0.370 e. The third kappa shape index (κ3) is 3.45. The molecule has 136 valence electrons. The average Bonchev–Trinajstić information content (AvgIpc) is 3.24. The fraction of sp³-hybridized carbons (Fsp3) is 0.333. The number of benzene rings is 1. The van der Waals surface area contributed by atoms with Crippen LogP contribution in [0.5, 0.6) is 0 Å². The van der Waals surface area contributed by atoms with Crippen molar-refractivity contribution in [1.29, 1.82) is 0 Å². The summed E-state index contributed by atoms with van der Waals surface area (Å²) in [6.45, 7) is 3.21. The van der Waals surface area contributed by atoms with Gasteiger partial charge in [0.1, 0.15) is 5.82 Å². The maximum atomic E-state index is 12.4. The van der Waals surface area contributed by atoms with E-state index in [1.165, 1.54) is 0 Å². The van der Waals surface area contributed by atoms with E-state index in [1.807, 2.05) is 12.1 Å². The molecule has 1 saturated heterocycles. The van der Waals surface area contributed by atoms with Crippen molar-refractivity contribution in [1.82, 2.24) is 19.9 Å². The summed E-state index contributed by atoms with van der Waals surface area (Å²) in [6.07, 6.45) is 1.16. The zero-order valence-electron chi connectivity index (χ0n) is 14.1. The molecule has 1 aromatic carbocycles. The van der Waals surface area contributed by atoms with Crippen molar-refractivity contribution in [3.05, 3.63) is 56.4 Å². The molecule has 0 radical (unpaired) electrons. The predicted molar refractivity (Wildman–Crippen MR) is 105 cm³/mol. The first kappa shape index (κ1) is 17.4. The molecule has 6 nitrogen and oxygen atoms in total. The Balaban J connectivity index is 1.64. The molecule has 2 aromatic heterocycles. The average molecular weight is 392 g/mol. The second-order valence-electron chi connectivity index (χ2n) is 6.52. The summed E-state index contributed by atoms with van der Waals surface area (Å²) in [6, 6.07) is 9.05. The molecule has 1 aliphatic rings. The lowest BCUT2D eigenvalue weighted by molar-refractivity contribution is 0.614. The Kier molecular flexibility index (Phi) is 4.89. The van der Waals surface area contributed by atoms with Crippen molar-refractivity contribution in [2.24, 2.45) is 5.92 Å². The van der Waals surface area contributed by atoms with Gasteiger partial charge in [-0.05, 0) is 49.7 Å². The third-order valence-corrected chi connectivity index (χ3v) is 5.44. The van der Waals surface area contributed by atoms with Gasteiger partial charge < -0.3 is 15.6 Å². The molecule has 8 heteroatoms. The number of hydrogen-bond acceptors (Lipinski definition) is 4. The molecule has 1 fully saturated rings. The van der Waals surface area contributed by atoms with Gasteiger partial charge in [-0.2, -0.15) is 0 Å². The van der Waals surface area contributed by atoms with Crippen LogP contribution in [0.25, 0.3) is 11.2 Å². The van der Waals surface area contributed by atoms with E-state index in [9.17, 15) is 4.79 Å². The molecule has 3 heterocycles. The number of nitrogens with zero attached hydrogens (tertiary/aromatic N) is 2. The molecule has 0 amide bonds. The highest BCUT2D eigenvalue weighted by Gasteiger charge is 2.16.